The first-order valence-electron chi connectivity index (χ1n) is 7.51. The highest BCUT2D eigenvalue weighted by molar-refractivity contribution is 6.30. The van der Waals surface area contributed by atoms with E-state index in [1.54, 1.807) is 42.5 Å². The van der Waals surface area contributed by atoms with Crippen LogP contribution < -0.4 is 10.2 Å². The molecule has 0 spiro atoms. The van der Waals surface area contributed by atoms with Gasteiger partial charge < -0.3 is 10.2 Å². The fourth-order valence-electron chi connectivity index (χ4n) is 2.30. The van der Waals surface area contributed by atoms with E-state index in [0.717, 1.165) is 0 Å². The molecule has 0 aliphatic carbocycles. The van der Waals surface area contributed by atoms with Crippen molar-refractivity contribution in [2.75, 3.05) is 18.0 Å². The van der Waals surface area contributed by atoms with Gasteiger partial charge >= 0.3 is 0 Å². The molecule has 0 radical (unpaired) electrons. The second-order valence-electron chi connectivity index (χ2n) is 5.27. The van der Waals surface area contributed by atoms with Gasteiger partial charge in [-0.15, -0.1) is 0 Å². The fourth-order valence-corrected chi connectivity index (χ4v) is 2.48. The van der Waals surface area contributed by atoms with Crippen LogP contribution in [0.15, 0.2) is 48.5 Å². The van der Waals surface area contributed by atoms with Crippen LogP contribution in [-0.4, -0.2) is 24.9 Å². The van der Waals surface area contributed by atoms with E-state index >= 15 is 0 Å². The molecule has 0 saturated heterocycles. The van der Waals surface area contributed by atoms with Gasteiger partial charge in [-0.2, -0.15) is 0 Å². The number of amides is 2. The summed E-state index contributed by atoms with van der Waals surface area (Å²) >= 11 is 5.94. The van der Waals surface area contributed by atoms with Crippen molar-refractivity contribution in [3.63, 3.8) is 0 Å². The van der Waals surface area contributed by atoms with Crippen molar-refractivity contribution in [3.05, 3.63) is 64.9 Å². The van der Waals surface area contributed by atoms with Crippen LogP contribution in [0.25, 0.3) is 0 Å². The smallest absolute Gasteiger partial charge is 0.224 e. The Morgan fingerprint density at radius 3 is 2.58 bits per heavy atom. The van der Waals surface area contributed by atoms with Gasteiger partial charge in [0, 0.05) is 30.7 Å². The molecule has 2 amide bonds. The van der Waals surface area contributed by atoms with Crippen molar-refractivity contribution in [1.82, 2.24) is 5.32 Å². The third-order valence-corrected chi connectivity index (χ3v) is 3.70. The Kier molecular flexibility index (Phi) is 6.32. The van der Waals surface area contributed by atoms with Crippen LogP contribution in [0.5, 0.6) is 0 Å². The first kappa shape index (κ1) is 17.9. The molecular weight excluding hydrogens is 331 g/mol. The van der Waals surface area contributed by atoms with Crippen molar-refractivity contribution < 1.29 is 14.0 Å². The lowest BCUT2D eigenvalue weighted by atomic mass is 10.1. The number of hydrogen-bond acceptors (Lipinski definition) is 2. The van der Waals surface area contributed by atoms with Crippen LogP contribution in [0.3, 0.4) is 0 Å². The Balaban J connectivity index is 1.90. The number of benzene rings is 2. The van der Waals surface area contributed by atoms with E-state index in [1.165, 1.54) is 17.9 Å². The second-order valence-corrected chi connectivity index (χ2v) is 5.71. The van der Waals surface area contributed by atoms with Gasteiger partial charge in [-0.3, -0.25) is 9.59 Å². The van der Waals surface area contributed by atoms with E-state index in [9.17, 15) is 14.0 Å². The van der Waals surface area contributed by atoms with Crippen LogP contribution in [-0.2, 0) is 16.0 Å². The molecule has 0 saturated carbocycles. The van der Waals surface area contributed by atoms with Gasteiger partial charge in [-0.1, -0.05) is 35.9 Å². The molecule has 0 fully saturated rings. The monoisotopic (exact) mass is 348 g/mol. The van der Waals surface area contributed by atoms with Crippen molar-refractivity contribution >= 4 is 29.1 Å². The molecule has 126 valence electrons. The van der Waals surface area contributed by atoms with Gasteiger partial charge in [0.1, 0.15) is 5.82 Å². The van der Waals surface area contributed by atoms with Gasteiger partial charge in [0.2, 0.25) is 11.8 Å². The van der Waals surface area contributed by atoms with Gasteiger partial charge in [0.25, 0.3) is 0 Å². The average molecular weight is 349 g/mol. The highest BCUT2D eigenvalue weighted by atomic mass is 35.5. The Morgan fingerprint density at radius 2 is 1.92 bits per heavy atom. The zero-order chi connectivity index (χ0) is 17.5. The summed E-state index contributed by atoms with van der Waals surface area (Å²) in [5.41, 5.74) is 1.01. The average Bonchev–Trinajstić information content (AvgIpc) is 2.53. The molecule has 0 aromatic heterocycles. The summed E-state index contributed by atoms with van der Waals surface area (Å²) in [6.45, 7) is 2.01. The molecule has 0 heterocycles. The van der Waals surface area contributed by atoms with Gasteiger partial charge in [-0.25, -0.2) is 4.39 Å². The number of carbonyl (C=O) groups is 2. The highest BCUT2D eigenvalue weighted by Crippen LogP contribution is 2.19. The summed E-state index contributed by atoms with van der Waals surface area (Å²) in [6, 6.07) is 13.1. The maximum Gasteiger partial charge on any atom is 0.224 e. The number of nitrogens with zero attached hydrogens (tertiary/aromatic N) is 1. The van der Waals surface area contributed by atoms with Crippen molar-refractivity contribution in [2.45, 2.75) is 13.3 Å². The van der Waals surface area contributed by atoms with Gasteiger partial charge in [-0.05, 0) is 29.8 Å². The predicted molar refractivity (Wildman–Crippen MR) is 92.6 cm³/mol. The Bertz CT molecular complexity index is 736. The van der Waals surface area contributed by atoms with Crippen LogP contribution in [0.1, 0.15) is 12.5 Å². The zero-order valence-electron chi connectivity index (χ0n) is 13.3. The maximum atomic E-state index is 13.5. The number of anilines is 1. The Labute approximate surface area is 145 Å². The van der Waals surface area contributed by atoms with Crippen LogP contribution in [0, 0.1) is 5.82 Å². The molecule has 0 atom stereocenters. The van der Waals surface area contributed by atoms with E-state index in [-0.39, 0.29) is 24.8 Å². The molecule has 24 heavy (non-hydrogen) atoms. The lowest BCUT2D eigenvalue weighted by Crippen LogP contribution is -2.38. The third-order valence-electron chi connectivity index (χ3n) is 3.47. The molecule has 2 aromatic rings. The standard InChI is InChI=1S/C18H18ClFN2O2/c1-13(23)22(16-7-4-6-15(19)12-16)10-9-21-18(24)11-14-5-2-3-8-17(14)20/h2-8,12H,9-11H2,1H3,(H,21,24). The quantitative estimate of drug-likeness (QED) is 0.871. The number of nitrogens with one attached hydrogen (secondary N) is 1. The zero-order valence-corrected chi connectivity index (χ0v) is 14.0. The van der Waals surface area contributed by atoms with Crippen molar-refractivity contribution in [1.29, 1.82) is 0 Å². The topological polar surface area (TPSA) is 49.4 Å². The van der Waals surface area contributed by atoms with Crippen LogP contribution >= 0.6 is 11.6 Å². The first-order chi connectivity index (χ1) is 11.5. The summed E-state index contributed by atoms with van der Waals surface area (Å²) in [7, 11) is 0. The summed E-state index contributed by atoms with van der Waals surface area (Å²) in [5, 5.41) is 3.23. The molecule has 0 unspecified atom stereocenters. The Morgan fingerprint density at radius 1 is 1.17 bits per heavy atom. The number of halogens is 2. The molecule has 2 aromatic carbocycles. The summed E-state index contributed by atoms with van der Waals surface area (Å²) in [5.74, 6) is -0.854. The SMILES string of the molecule is CC(=O)N(CCNC(=O)Cc1ccccc1F)c1cccc(Cl)c1. The first-order valence-corrected chi connectivity index (χ1v) is 7.89. The normalized spacial score (nSPS) is 10.3. The molecule has 2 rings (SSSR count). The van der Waals surface area contributed by atoms with E-state index in [2.05, 4.69) is 5.32 Å². The highest BCUT2D eigenvalue weighted by Gasteiger charge is 2.13. The summed E-state index contributed by atoms with van der Waals surface area (Å²) < 4.78 is 13.5. The van der Waals surface area contributed by atoms with Crippen LogP contribution in [0.2, 0.25) is 5.02 Å². The van der Waals surface area contributed by atoms with Gasteiger partial charge in [0.05, 0.1) is 6.42 Å². The number of rotatable bonds is 6. The van der Waals surface area contributed by atoms with Crippen LogP contribution in [0.4, 0.5) is 10.1 Å². The second kappa shape index (κ2) is 8.45. The molecule has 0 aliphatic rings. The summed E-state index contributed by atoms with van der Waals surface area (Å²) in [6.07, 6.45) is -0.0378. The van der Waals surface area contributed by atoms with E-state index < -0.39 is 5.82 Å². The van der Waals surface area contributed by atoms with E-state index in [4.69, 9.17) is 11.6 Å². The largest absolute Gasteiger partial charge is 0.354 e. The number of hydrogen-bond donors (Lipinski definition) is 1. The minimum atomic E-state index is -0.406. The molecule has 6 heteroatoms. The van der Waals surface area contributed by atoms with E-state index in [0.29, 0.717) is 22.8 Å². The molecule has 0 aliphatic heterocycles. The number of carbonyl (C=O) groups excluding carboxylic acids is 2. The molecule has 0 bridgehead atoms. The van der Waals surface area contributed by atoms with E-state index in [1.807, 2.05) is 0 Å². The minimum Gasteiger partial charge on any atom is -0.354 e. The van der Waals surface area contributed by atoms with Gasteiger partial charge in [0.15, 0.2) is 0 Å². The minimum absolute atomic E-state index is 0.0378. The summed E-state index contributed by atoms with van der Waals surface area (Å²) in [4.78, 5) is 25.2. The Hall–Kier alpha value is -2.40. The van der Waals surface area contributed by atoms with Crippen molar-refractivity contribution in [2.24, 2.45) is 0 Å². The van der Waals surface area contributed by atoms with Crippen molar-refractivity contribution in [3.8, 4) is 0 Å². The maximum absolute atomic E-state index is 13.5. The molecular formula is C18H18ClFN2O2. The lowest BCUT2D eigenvalue weighted by molar-refractivity contribution is -0.121. The fraction of sp³-hybridized carbons (Fsp3) is 0.222. The molecule has 4 nitrogen and oxygen atoms in total. The third kappa shape index (κ3) is 5.06. The lowest BCUT2D eigenvalue weighted by Gasteiger charge is -2.21. The molecule has 1 N–H and O–H groups in total. The predicted octanol–water partition coefficient (Wildman–Crippen LogP) is 3.19.